The molecule has 0 saturated carbocycles. The molecule has 38 heavy (non-hydrogen) atoms. The van der Waals surface area contributed by atoms with Crippen molar-refractivity contribution >= 4 is 62.2 Å². The highest BCUT2D eigenvalue weighted by Crippen LogP contribution is 2.35. The normalized spacial score (nSPS) is 14.1. The van der Waals surface area contributed by atoms with Gasteiger partial charge in [0, 0.05) is 22.3 Å². The molecule has 10 nitrogen and oxygen atoms in total. The zero-order valence-corrected chi connectivity index (χ0v) is 22.3. The Kier molecular flexibility index (Phi) is 8.44. The highest BCUT2D eigenvalue weighted by molar-refractivity contribution is 9.10. The maximum Gasteiger partial charge on any atom is 0.293 e. The van der Waals surface area contributed by atoms with E-state index < -0.39 is 16.7 Å². The molecule has 194 valence electrons. The first kappa shape index (κ1) is 26.9. The molecule has 1 aliphatic heterocycles. The molecule has 1 saturated heterocycles. The molecular formula is C26H20BrN3O7S. The van der Waals surface area contributed by atoms with Gasteiger partial charge in [-0.1, -0.05) is 40.2 Å². The van der Waals surface area contributed by atoms with E-state index in [9.17, 15) is 24.5 Å². The number of carbonyl (C=O) groups excluding carboxylic acids is 3. The number of non-ortho nitro benzene ring substituents is 1. The number of nitro benzene ring substituents is 1. The maximum atomic E-state index is 12.9. The molecule has 12 heteroatoms. The van der Waals surface area contributed by atoms with Crippen molar-refractivity contribution in [1.29, 1.82) is 0 Å². The molecule has 1 N–H and O–H groups in total. The Bertz CT molecular complexity index is 1460. The molecule has 1 aliphatic rings. The Balaban J connectivity index is 1.41. The van der Waals surface area contributed by atoms with Crippen molar-refractivity contribution in [1.82, 2.24) is 4.90 Å². The van der Waals surface area contributed by atoms with Crippen molar-refractivity contribution < 1.29 is 28.8 Å². The van der Waals surface area contributed by atoms with Crippen LogP contribution in [0, 0.1) is 10.1 Å². The van der Waals surface area contributed by atoms with Crippen LogP contribution in [0.2, 0.25) is 0 Å². The number of methoxy groups -OCH3 is 1. The van der Waals surface area contributed by atoms with Crippen LogP contribution in [0.1, 0.15) is 11.1 Å². The quantitative estimate of drug-likeness (QED) is 0.191. The van der Waals surface area contributed by atoms with E-state index in [4.69, 9.17) is 9.47 Å². The van der Waals surface area contributed by atoms with Crippen LogP contribution in [0.25, 0.3) is 6.08 Å². The zero-order chi connectivity index (χ0) is 27.2. The number of nitro groups is 1. The number of ether oxygens (including phenoxy) is 2. The average molecular weight is 598 g/mol. The summed E-state index contributed by atoms with van der Waals surface area (Å²) in [6, 6.07) is 17.8. The lowest BCUT2D eigenvalue weighted by molar-refractivity contribution is -0.384. The number of amides is 3. The van der Waals surface area contributed by atoms with E-state index in [0.717, 1.165) is 21.8 Å². The molecule has 0 aliphatic carbocycles. The van der Waals surface area contributed by atoms with E-state index in [0.29, 0.717) is 11.3 Å². The predicted octanol–water partition coefficient (Wildman–Crippen LogP) is 5.62. The topological polar surface area (TPSA) is 128 Å². The Labute approximate surface area is 229 Å². The predicted molar refractivity (Wildman–Crippen MR) is 146 cm³/mol. The van der Waals surface area contributed by atoms with E-state index in [2.05, 4.69) is 21.2 Å². The molecule has 0 unspecified atom stereocenters. The fourth-order valence-electron chi connectivity index (χ4n) is 3.54. The summed E-state index contributed by atoms with van der Waals surface area (Å²) in [5.41, 5.74) is 1.54. The van der Waals surface area contributed by atoms with Gasteiger partial charge in [0.2, 0.25) is 0 Å². The smallest absolute Gasteiger partial charge is 0.293 e. The van der Waals surface area contributed by atoms with Gasteiger partial charge >= 0.3 is 0 Å². The van der Waals surface area contributed by atoms with E-state index in [-0.39, 0.29) is 40.4 Å². The maximum absolute atomic E-state index is 12.9. The standard InChI is InChI=1S/C26H20BrN3O7S/c1-36-22-11-16(12-23-25(32)29(26(33)38-23)14-17-4-2-5-18(27)10-17)8-9-21(22)37-15-24(31)28-19-6-3-7-20(13-19)30(34)35/h2-13H,14-15H2,1H3,(H,28,31)/b23-12-. The number of imide groups is 1. The van der Waals surface area contributed by atoms with Gasteiger partial charge in [-0.15, -0.1) is 0 Å². The fourth-order valence-corrected chi connectivity index (χ4v) is 4.82. The number of nitrogens with zero attached hydrogens (tertiary/aromatic N) is 2. The van der Waals surface area contributed by atoms with Gasteiger partial charge in [-0.2, -0.15) is 0 Å². The SMILES string of the molecule is COc1cc(/C=C2\SC(=O)N(Cc3cccc(Br)c3)C2=O)ccc1OCC(=O)Nc1cccc([N+](=O)[O-])c1. The second-order valence-corrected chi connectivity index (χ2v) is 9.86. The molecule has 4 rings (SSSR count). The number of carbonyl (C=O) groups is 3. The van der Waals surface area contributed by atoms with E-state index in [1.54, 1.807) is 24.3 Å². The van der Waals surface area contributed by atoms with Crippen molar-refractivity contribution in [2.24, 2.45) is 0 Å². The minimum atomic E-state index is -0.554. The minimum Gasteiger partial charge on any atom is -0.493 e. The lowest BCUT2D eigenvalue weighted by atomic mass is 10.1. The third kappa shape index (κ3) is 6.58. The highest BCUT2D eigenvalue weighted by atomic mass is 79.9. The number of benzene rings is 3. The average Bonchev–Trinajstić information content (AvgIpc) is 3.15. The molecule has 1 heterocycles. The molecule has 1 fully saturated rings. The van der Waals surface area contributed by atoms with Gasteiger partial charge in [-0.3, -0.25) is 29.4 Å². The summed E-state index contributed by atoms with van der Waals surface area (Å²) >= 11 is 4.24. The summed E-state index contributed by atoms with van der Waals surface area (Å²) < 4.78 is 11.8. The summed E-state index contributed by atoms with van der Waals surface area (Å²) in [4.78, 5) is 49.5. The molecule has 3 aromatic rings. The van der Waals surface area contributed by atoms with Gasteiger partial charge in [-0.05, 0) is 59.3 Å². The van der Waals surface area contributed by atoms with Gasteiger partial charge in [-0.25, -0.2) is 0 Å². The second kappa shape index (κ2) is 11.9. The molecule has 3 amide bonds. The van der Waals surface area contributed by atoms with Crippen molar-refractivity contribution in [3.8, 4) is 11.5 Å². The Morgan fingerprint density at radius 3 is 2.63 bits per heavy atom. The summed E-state index contributed by atoms with van der Waals surface area (Å²) in [5.74, 6) is -0.315. The van der Waals surface area contributed by atoms with Crippen molar-refractivity contribution in [2.75, 3.05) is 19.0 Å². The summed E-state index contributed by atoms with van der Waals surface area (Å²) in [5, 5.41) is 13.1. The van der Waals surface area contributed by atoms with Crippen LogP contribution in [0.4, 0.5) is 16.2 Å². The first-order chi connectivity index (χ1) is 18.2. The van der Waals surface area contributed by atoms with Gasteiger partial charge in [0.1, 0.15) is 0 Å². The van der Waals surface area contributed by atoms with Crippen LogP contribution in [-0.2, 0) is 16.1 Å². The first-order valence-corrected chi connectivity index (χ1v) is 12.7. The Morgan fingerprint density at radius 2 is 1.89 bits per heavy atom. The third-order valence-corrected chi connectivity index (χ3v) is 6.69. The van der Waals surface area contributed by atoms with Crippen LogP contribution in [0.3, 0.4) is 0 Å². The molecule has 0 radical (unpaired) electrons. The Morgan fingerprint density at radius 1 is 1.11 bits per heavy atom. The van der Waals surface area contributed by atoms with Crippen molar-refractivity contribution in [3.05, 3.63) is 97.3 Å². The monoisotopic (exact) mass is 597 g/mol. The molecule has 0 aromatic heterocycles. The molecule has 0 atom stereocenters. The zero-order valence-electron chi connectivity index (χ0n) is 19.9. The molecule has 0 bridgehead atoms. The minimum absolute atomic E-state index is 0.146. The second-order valence-electron chi connectivity index (χ2n) is 7.95. The fraction of sp³-hybridized carbons (Fsp3) is 0.115. The third-order valence-electron chi connectivity index (χ3n) is 5.29. The van der Waals surface area contributed by atoms with Crippen LogP contribution in [0.5, 0.6) is 11.5 Å². The lowest BCUT2D eigenvalue weighted by Gasteiger charge is -2.13. The number of hydrogen-bond acceptors (Lipinski definition) is 8. The van der Waals surface area contributed by atoms with Gasteiger partial charge < -0.3 is 14.8 Å². The van der Waals surface area contributed by atoms with Crippen LogP contribution >= 0.6 is 27.7 Å². The molecule has 3 aromatic carbocycles. The summed E-state index contributed by atoms with van der Waals surface area (Å²) in [7, 11) is 1.43. The van der Waals surface area contributed by atoms with E-state index in [1.807, 2.05) is 24.3 Å². The number of hydrogen-bond donors (Lipinski definition) is 1. The van der Waals surface area contributed by atoms with E-state index in [1.165, 1.54) is 36.3 Å². The number of rotatable bonds is 9. The number of halogens is 1. The van der Waals surface area contributed by atoms with Crippen LogP contribution < -0.4 is 14.8 Å². The first-order valence-electron chi connectivity index (χ1n) is 11.1. The number of nitrogens with one attached hydrogen (secondary N) is 1. The number of anilines is 1. The largest absolute Gasteiger partial charge is 0.493 e. The van der Waals surface area contributed by atoms with Crippen LogP contribution in [0.15, 0.2) is 76.1 Å². The van der Waals surface area contributed by atoms with E-state index >= 15 is 0 Å². The lowest BCUT2D eigenvalue weighted by Crippen LogP contribution is -2.27. The summed E-state index contributed by atoms with van der Waals surface area (Å²) in [6.07, 6.45) is 1.59. The van der Waals surface area contributed by atoms with Gasteiger partial charge in [0.15, 0.2) is 18.1 Å². The number of thioether (sulfide) groups is 1. The van der Waals surface area contributed by atoms with Crippen molar-refractivity contribution in [2.45, 2.75) is 6.54 Å². The Hall–Kier alpha value is -4.16. The molecular weight excluding hydrogens is 578 g/mol. The molecule has 0 spiro atoms. The summed E-state index contributed by atoms with van der Waals surface area (Å²) in [6.45, 7) is -0.206. The van der Waals surface area contributed by atoms with Gasteiger partial charge in [0.05, 0.1) is 23.5 Å². The van der Waals surface area contributed by atoms with Crippen LogP contribution in [-0.4, -0.2) is 40.6 Å². The highest BCUT2D eigenvalue weighted by Gasteiger charge is 2.35. The van der Waals surface area contributed by atoms with Gasteiger partial charge in [0.25, 0.3) is 22.7 Å². The van der Waals surface area contributed by atoms with Crippen molar-refractivity contribution in [3.63, 3.8) is 0 Å².